The molecule has 0 saturated carbocycles. The molecule has 0 aliphatic rings. The molecule has 2 N–H and O–H groups in total. The summed E-state index contributed by atoms with van der Waals surface area (Å²) in [6.07, 6.45) is -1.17. The largest absolute Gasteiger partial charge is 0.479 e. The molecule has 18 heavy (non-hydrogen) atoms. The summed E-state index contributed by atoms with van der Waals surface area (Å²) in [5, 5.41) is 21.9. The SMILES string of the molecule is COC(CNc1cc(F)ccc1[N+](=O)[O-])C(=O)O. The molecule has 0 heterocycles. The van der Waals surface area contributed by atoms with Crippen LogP contribution in [0.25, 0.3) is 0 Å². The van der Waals surface area contributed by atoms with E-state index in [1.807, 2.05) is 0 Å². The van der Waals surface area contributed by atoms with Crippen LogP contribution in [0.5, 0.6) is 0 Å². The highest BCUT2D eigenvalue weighted by Crippen LogP contribution is 2.24. The van der Waals surface area contributed by atoms with E-state index in [9.17, 15) is 19.3 Å². The van der Waals surface area contributed by atoms with Crippen molar-refractivity contribution in [3.63, 3.8) is 0 Å². The first-order valence-corrected chi connectivity index (χ1v) is 4.89. The number of nitro benzene ring substituents is 1. The summed E-state index contributed by atoms with van der Waals surface area (Å²) in [6, 6.07) is 2.88. The number of nitrogens with one attached hydrogen (secondary N) is 1. The molecule has 1 aromatic carbocycles. The Kier molecular flexibility index (Phi) is 4.55. The van der Waals surface area contributed by atoms with Gasteiger partial charge in [0.25, 0.3) is 5.69 Å². The van der Waals surface area contributed by atoms with Gasteiger partial charge in [-0.2, -0.15) is 0 Å². The van der Waals surface area contributed by atoms with Crippen molar-refractivity contribution in [2.24, 2.45) is 0 Å². The lowest BCUT2D eigenvalue weighted by Crippen LogP contribution is -2.30. The maximum absolute atomic E-state index is 13.0. The van der Waals surface area contributed by atoms with Gasteiger partial charge in [-0.3, -0.25) is 10.1 Å². The molecule has 8 heteroatoms. The van der Waals surface area contributed by atoms with Crippen LogP contribution in [0.15, 0.2) is 18.2 Å². The number of hydrogen-bond acceptors (Lipinski definition) is 5. The fourth-order valence-corrected chi connectivity index (χ4v) is 1.28. The van der Waals surface area contributed by atoms with Crippen LogP contribution >= 0.6 is 0 Å². The summed E-state index contributed by atoms with van der Waals surface area (Å²) in [4.78, 5) is 20.7. The normalized spacial score (nSPS) is 11.9. The zero-order chi connectivity index (χ0) is 13.7. The summed E-state index contributed by atoms with van der Waals surface area (Å²) >= 11 is 0. The van der Waals surface area contributed by atoms with Gasteiger partial charge in [-0.15, -0.1) is 0 Å². The first-order chi connectivity index (χ1) is 8.45. The topological polar surface area (TPSA) is 102 Å². The number of carboxylic acids is 1. The van der Waals surface area contributed by atoms with Crippen molar-refractivity contribution in [2.75, 3.05) is 19.0 Å². The van der Waals surface area contributed by atoms with Gasteiger partial charge in [0, 0.05) is 19.2 Å². The molecule has 0 aliphatic heterocycles. The Morgan fingerprint density at radius 1 is 1.67 bits per heavy atom. The number of methoxy groups -OCH3 is 1. The lowest BCUT2D eigenvalue weighted by atomic mass is 10.2. The number of halogens is 1. The molecule has 0 aliphatic carbocycles. The molecule has 0 bridgehead atoms. The van der Waals surface area contributed by atoms with Gasteiger partial charge in [-0.05, 0) is 6.07 Å². The number of benzene rings is 1. The summed E-state index contributed by atoms with van der Waals surface area (Å²) in [7, 11) is 1.19. The van der Waals surface area contributed by atoms with Crippen molar-refractivity contribution < 1.29 is 24.0 Å². The number of hydrogen-bond donors (Lipinski definition) is 2. The van der Waals surface area contributed by atoms with Crippen molar-refractivity contribution in [3.05, 3.63) is 34.1 Å². The zero-order valence-electron chi connectivity index (χ0n) is 9.42. The number of nitrogens with zero attached hydrogens (tertiary/aromatic N) is 1. The average Bonchev–Trinajstić information content (AvgIpc) is 2.29. The van der Waals surface area contributed by atoms with E-state index in [0.717, 1.165) is 18.2 Å². The molecular formula is C10H11FN2O5. The minimum atomic E-state index is -1.22. The molecule has 0 aromatic heterocycles. The van der Waals surface area contributed by atoms with E-state index in [-0.39, 0.29) is 17.9 Å². The number of carboxylic acid groups (broad SMARTS) is 1. The molecule has 1 aromatic rings. The van der Waals surface area contributed by atoms with Gasteiger partial charge in [0.15, 0.2) is 6.10 Å². The van der Waals surface area contributed by atoms with Gasteiger partial charge in [0.2, 0.25) is 0 Å². The number of nitro groups is 1. The first-order valence-electron chi connectivity index (χ1n) is 4.89. The second-order valence-electron chi connectivity index (χ2n) is 3.36. The number of aliphatic carboxylic acids is 1. The quantitative estimate of drug-likeness (QED) is 0.588. The molecule has 7 nitrogen and oxygen atoms in total. The lowest BCUT2D eigenvalue weighted by molar-refractivity contribution is -0.384. The highest BCUT2D eigenvalue weighted by molar-refractivity contribution is 5.73. The van der Waals surface area contributed by atoms with E-state index < -0.39 is 22.8 Å². The lowest BCUT2D eigenvalue weighted by Gasteiger charge is -2.12. The van der Waals surface area contributed by atoms with Gasteiger partial charge < -0.3 is 15.2 Å². The van der Waals surface area contributed by atoms with Crippen LogP contribution in [0.1, 0.15) is 0 Å². The van der Waals surface area contributed by atoms with Crippen molar-refractivity contribution in [1.29, 1.82) is 0 Å². The zero-order valence-corrected chi connectivity index (χ0v) is 9.42. The molecular weight excluding hydrogens is 247 g/mol. The summed E-state index contributed by atoms with van der Waals surface area (Å²) in [6.45, 7) is -0.212. The highest BCUT2D eigenvalue weighted by atomic mass is 19.1. The van der Waals surface area contributed by atoms with E-state index in [0.29, 0.717) is 0 Å². The smallest absolute Gasteiger partial charge is 0.334 e. The van der Waals surface area contributed by atoms with Crippen molar-refractivity contribution >= 4 is 17.3 Å². The summed E-state index contributed by atoms with van der Waals surface area (Å²) in [5.74, 6) is -1.88. The fraction of sp³-hybridized carbons (Fsp3) is 0.300. The number of rotatable bonds is 6. The number of ether oxygens (including phenoxy) is 1. The fourth-order valence-electron chi connectivity index (χ4n) is 1.28. The average molecular weight is 258 g/mol. The number of carbonyl (C=O) groups is 1. The molecule has 0 saturated heterocycles. The Labute approximate surface area is 101 Å². The van der Waals surface area contributed by atoms with Gasteiger partial charge in [0.05, 0.1) is 11.5 Å². The van der Waals surface area contributed by atoms with Crippen LogP contribution in [0.4, 0.5) is 15.8 Å². The summed E-state index contributed by atoms with van der Waals surface area (Å²) in [5.41, 5.74) is -0.431. The second-order valence-corrected chi connectivity index (χ2v) is 3.36. The van der Waals surface area contributed by atoms with Crippen LogP contribution < -0.4 is 5.32 Å². The van der Waals surface area contributed by atoms with E-state index in [1.165, 1.54) is 7.11 Å². The molecule has 0 fully saturated rings. The molecule has 1 unspecified atom stereocenters. The van der Waals surface area contributed by atoms with E-state index >= 15 is 0 Å². The predicted octanol–water partition coefficient (Wildman–Crippen LogP) is 1.25. The van der Waals surface area contributed by atoms with Gasteiger partial charge in [-0.25, -0.2) is 9.18 Å². The molecule has 0 radical (unpaired) electrons. The van der Waals surface area contributed by atoms with E-state index in [4.69, 9.17) is 5.11 Å². The molecule has 98 valence electrons. The van der Waals surface area contributed by atoms with Crippen molar-refractivity contribution in [1.82, 2.24) is 0 Å². The molecule has 1 atom stereocenters. The Morgan fingerprint density at radius 3 is 2.83 bits per heavy atom. The van der Waals surface area contributed by atoms with Crippen LogP contribution in [0.3, 0.4) is 0 Å². The minimum absolute atomic E-state index is 0.0942. The third-order valence-electron chi connectivity index (χ3n) is 2.19. The van der Waals surface area contributed by atoms with Gasteiger partial charge >= 0.3 is 5.97 Å². The predicted molar refractivity (Wildman–Crippen MR) is 60.0 cm³/mol. The standard InChI is InChI=1S/C10H11FN2O5/c1-18-9(10(14)15)5-12-7-4-6(11)2-3-8(7)13(16)17/h2-4,9,12H,5H2,1H3,(H,14,15). The van der Waals surface area contributed by atoms with Gasteiger partial charge in [-0.1, -0.05) is 0 Å². The Bertz CT molecular complexity index is 466. The Balaban J connectivity index is 2.86. The third-order valence-corrected chi connectivity index (χ3v) is 2.19. The van der Waals surface area contributed by atoms with Crippen molar-refractivity contribution in [3.8, 4) is 0 Å². The highest BCUT2D eigenvalue weighted by Gasteiger charge is 2.19. The van der Waals surface area contributed by atoms with Crippen molar-refractivity contribution in [2.45, 2.75) is 6.10 Å². The molecule has 1 rings (SSSR count). The maximum atomic E-state index is 13.0. The van der Waals surface area contributed by atoms with Crippen LogP contribution in [0, 0.1) is 15.9 Å². The van der Waals surface area contributed by atoms with Crippen LogP contribution in [-0.4, -0.2) is 35.8 Å². The first kappa shape index (κ1) is 13.8. The molecule has 0 amide bonds. The molecule has 0 spiro atoms. The third kappa shape index (κ3) is 3.39. The van der Waals surface area contributed by atoms with Crippen LogP contribution in [0.2, 0.25) is 0 Å². The minimum Gasteiger partial charge on any atom is -0.479 e. The number of anilines is 1. The Morgan fingerprint density at radius 2 is 2.33 bits per heavy atom. The summed E-state index contributed by atoms with van der Waals surface area (Å²) < 4.78 is 17.6. The van der Waals surface area contributed by atoms with E-state index in [1.54, 1.807) is 0 Å². The van der Waals surface area contributed by atoms with Crippen LogP contribution in [-0.2, 0) is 9.53 Å². The van der Waals surface area contributed by atoms with Gasteiger partial charge in [0.1, 0.15) is 11.5 Å². The monoisotopic (exact) mass is 258 g/mol. The second kappa shape index (κ2) is 5.92. The maximum Gasteiger partial charge on any atom is 0.334 e. The Hall–Kier alpha value is -2.22. The van der Waals surface area contributed by atoms with E-state index in [2.05, 4.69) is 10.1 Å².